The second-order valence-corrected chi connectivity index (χ2v) is 9.80. The number of carbonyl (C=O) groups is 4. The number of piperidine rings is 1. The molecule has 4 aliphatic rings. The van der Waals surface area contributed by atoms with E-state index in [1.54, 1.807) is 29.3 Å². The van der Waals surface area contributed by atoms with E-state index in [1.807, 2.05) is 0 Å². The highest BCUT2D eigenvalue weighted by Gasteiger charge is 2.43. The minimum atomic E-state index is -0.675. The van der Waals surface area contributed by atoms with Crippen LogP contribution in [-0.2, 0) is 16.1 Å². The molecule has 11 heteroatoms. The van der Waals surface area contributed by atoms with Crippen LogP contribution in [0, 0.1) is 0 Å². The fourth-order valence-electron chi connectivity index (χ4n) is 5.51. The number of benzene rings is 1. The highest BCUT2D eigenvalue weighted by molar-refractivity contribution is 6.05. The molecule has 2 aliphatic heterocycles. The topological polar surface area (TPSA) is 138 Å². The molecule has 0 bridgehead atoms. The van der Waals surface area contributed by atoms with Crippen LogP contribution < -0.4 is 5.32 Å². The van der Waals surface area contributed by atoms with Crippen molar-refractivity contribution in [1.29, 1.82) is 0 Å². The normalized spacial score (nSPS) is 26.1. The van der Waals surface area contributed by atoms with Crippen LogP contribution in [0.4, 0.5) is 0 Å². The van der Waals surface area contributed by atoms with Gasteiger partial charge in [0.1, 0.15) is 6.04 Å². The number of aromatic nitrogens is 3. The van der Waals surface area contributed by atoms with Crippen molar-refractivity contribution in [3.8, 4) is 5.69 Å². The summed E-state index contributed by atoms with van der Waals surface area (Å²) in [6.45, 7) is 0.254. The fraction of sp³-hybridized carbons (Fsp3) is 0.500. The number of aliphatic hydroxyl groups excluding tert-OH is 1. The molecule has 4 amide bonds. The Morgan fingerprint density at radius 1 is 1.11 bits per heavy atom. The van der Waals surface area contributed by atoms with Crippen molar-refractivity contribution >= 4 is 23.6 Å². The average Bonchev–Trinajstić information content (AvgIpc) is 3.23. The molecule has 35 heavy (non-hydrogen) atoms. The maximum absolute atomic E-state index is 13.3. The van der Waals surface area contributed by atoms with Crippen LogP contribution in [0.25, 0.3) is 5.69 Å². The Balaban J connectivity index is 1.22. The van der Waals surface area contributed by atoms with Gasteiger partial charge in [-0.15, -0.1) is 5.10 Å². The van der Waals surface area contributed by atoms with E-state index in [2.05, 4.69) is 15.6 Å². The van der Waals surface area contributed by atoms with Crippen molar-refractivity contribution in [2.45, 2.75) is 75.7 Å². The number of carbonyl (C=O) groups excluding carboxylic acids is 4. The number of aliphatic hydroxyl groups is 1. The molecule has 182 valence electrons. The monoisotopic (exact) mass is 478 g/mol. The van der Waals surface area contributed by atoms with Crippen LogP contribution in [0.1, 0.15) is 71.4 Å². The zero-order valence-electron chi connectivity index (χ0n) is 19.1. The summed E-state index contributed by atoms with van der Waals surface area (Å²) in [5, 5.41) is 20.9. The molecule has 1 aromatic carbocycles. The van der Waals surface area contributed by atoms with E-state index in [0.29, 0.717) is 24.1 Å². The Morgan fingerprint density at radius 2 is 1.94 bits per heavy atom. The smallest absolute Gasteiger partial charge is 0.276 e. The zero-order chi connectivity index (χ0) is 24.3. The standard InChI is InChI=1S/C24H26N6O5/c31-20-3-1-2-18(20)30(14-4-5-14)24(35)17-12-29(27-26-17)15-6-7-16-13(10-15)11-28(23(16)34)19-8-9-21(32)25-22(19)33/h6-7,10,12,14,18-20,31H,1-5,8-9,11H2,(H,25,32,33)/t18-,19?,20-/m1/s1. The molecule has 3 fully saturated rings. The molecule has 2 aromatic rings. The summed E-state index contributed by atoms with van der Waals surface area (Å²) >= 11 is 0. The first-order chi connectivity index (χ1) is 16.9. The molecule has 3 atom stereocenters. The van der Waals surface area contributed by atoms with Crippen molar-refractivity contribution in [3.05, 3.63) is 41.2 Å². The minimum absolute atomic E-state index is 0.148. The van der Waals surface area contributed by atoms with E-state index in [9.17, 15) is 24.3 Å². The first-order valence-corrected chi connectivity index (χ1v) is 12.1. The van der Waals surface area contributed by atoms with Crippen molar-refractivity contribution in [2.24, 2.45) is 0 Å². The lowest BCUT2D eigenvalue weighted by Crippen LogP contribution is -2.52. The van der Waals surface area contributed by atoms with Crippen molar-refractivity contribution in [3.63, 3.8) is 0 Å². The predicted molar refractivity (Wildman–Crippen MR) is 120 cm³/mol. The van der Waals surface area contributed by atoms with Crippen LogP contribution in [0.2, 0.25) is 0 Å². The van der Waals surface area contributed by atoms with E-state index >= 15 is 0 Å². The van der Waals surface area contributed by atoms with Gasteiger partial charge in [-0.1, -0.05) is 5.21 Å². The molecule has 2 saturated carbocycles. The van der Waals surface area contributed by atoms with Crippen LogP contribution in [0.5, 0.6) is 0 Å². The van der Waals surface area contributed by atoms with Crippen LogP contribution in [-0.4, -0.2) is 77.8 Å². The third kappa shape index (κ3) is 3.79. The van der Waals surface area contributed by atoms with Gasteiger partial charge in [0.25, 0.3) is 11.8 Å². The number of nitrogens with one attached hydrogen (secondary N) is 1. The minimum Gasteiger partial charge on any atom is -0.391 e. The van der Waals surface area contributed by atoms with Gasteiger partial charge in [0, 0.05) is 24.6 Å². The lowest BCUT2D eigenvalue weighted by atomic mass is 10.0. The molecular weight excluding hydrogens is 452 g/mol. The molecular formula is C24H26N6O5. The summed E-state index contributed by atoms with van der Waals surface area (Å²) in [6.07, 6.45) is 5.85. The summed E-state index contributed by atoms with van der Waals surface area (Å²) in [7, 11) is 0. The van der Waals surface area contributed by atoms with Gasteiger partial charge in [-0.05, 0) is 62.3 Å². The quantitative estimate of drug-likeness (QED) is 0.599. The largest absolute Gasteiger partial charge is 0.391 e. The number of hydrogen-bond donors (Lipinski definition) is 2. The molecule has 6 rings (SSSR count). The van der Waals surface area contributed by atoms with Crippen LogP contribution in [0.15, 0.2) is 24.4 Å². The second-order valence-electron chi connectivity index (χ2n) is 9.80. The number of imide groups is 1. The summed E-state index contributed by atoms with van der Waals surface area (Å²) in [5.74, 6) is -1.23. The molecule has 11 nitrogen and oxygen atoms in total. The Morgan fingerprint density at radius 3 is 2.66 bits per heavy atom. The van der Waals surface area contributed by atoms with Crippen LogP contribution in [0.3, 0.4) is 0 Å². The number of fused-ring (bicyclic) bond motifs is 1. The van der Waals surface area contributed by atoms with E-state index in [1.165, 1.54) is 9.58 Å². The van der Waals surface area contributed by atoms with Gasteiger partial charge >= 0.3 is 0 Å². The molecule has 3 heterocycles. The van der Waals surface area contributed by atoms with E-state index < -0.39 is 18.1 Å². The van der Waals surface area contributed by atoms with E-state index in [-0.39, 0.29) is 48.5 Å². The van der Waals surface area contributed by atoms with E-state index in [4.69, 9.17) is 0 Å². The van der Waals surface area contributed by atoms with Gasteiger partial charge in [-0.25, -0.2) is 4.68 Å². The molecule has 1 aromatic heterocycles. The van der Waals surface area contributed by atoms with Gasteiger partial charge < -0.3 is 14.9 Å². The Labute approximate surface area is 201 Å². The molecule has 0 spiro atoms. The average molecular weight is 479 g/mol. The highest BCUT2D eigenvalue weighted by atomic mass is 16.3. The first-order valence-electron chi connectivity index (χ1n) is 12.1. The number of hydrogen-bond acceptors (Lipinski definition) is 7. The second kappa shape index (κ2) is 8.26. The Kier molecular flexibility index (Phi) is 5.17. The molecule has 0 radical (unpaired) electrons. The van der Waals surface area contributed by atoms with E-state index in [0.717, 1.165) is 31.2 Å². The van der Waals surface area contributed by atoms with Gasteiger partial charge in [0.15, 0.2) is 5.69 Å². The summed E-state index contributed by atoms with van der Waals surface area (Å²) in [6, 6.07) is 4.52. The summed E-state index contributed by atoms with van der Waals surface area (Å²) < 4.78 is 1.50. The Hall–Kier alpha value is -3.60. The predicted octanol–water partition coefficient (Wildman–Crippen LogP) is 0.546. The van der Waals surface area contributed by atoms with Gasteiger partial charge in [0.2, 0.25) is 11.8 Å². The molecule has 1 unspecified atom stereocenters. The molecule has 2 N–H and O–H groups in total. The molecule has 2 aliphatic carbocycles. The number of amides is 4. The van der Waals surface area contributed by atoms with Crippen molar-refractivity contribution in [1.82, 2.24) is 30.1 Å². The maximum atomic E-state index is 13.3. The van der Waals surface area contributed by atoms with Crippen LogP contribution >= 0.6 is 0 Å². The van der Waals surface area contributed by atoms with Gasteiger partial charge in [-0.3, -0.25) is 24.5 Å². The number of nitrogens with zero attached hydrogens (tertiary/aromatic N) is 5. The Bertz CT molecular complexity index is 1240. The zero-order valence-corrected chi connectivity index (χ0v) is 19.1. The maximum Gasteiger partial charge on any atom is 0.276 e. The van der Waals surface area contributed by atoms with Gasteiger partial charge in [0.05, 0.1) is 24.0 Å². The van der Waals surface area contributed by atoms with Crippen molar-refractivity contribution in [2.75, 3.05) is 0 Å². The number of rotatable bonds is 5. The summed E-state index contributed by atoms with van der Waals surface area (Å²) in [5.41, 5.74) is 2.11. The summed E-state index contributed by atoms with van der Waals surface area (Å²) in [4.78, 5) is 53.2. The fourth-order valence-corrected chi connectivity index (χ4v) is 5.51. The highest BCUT2D eigenvalue weighted by Crippen LogP contribution is 2.36. The third-order valence-corrected chi connectivity index (χ3v) is 7.46. The van der Waals surface area contributed by atoms with Crippen molar-refractivity contribution < 1.29 is 24.3 Å². The lowest BCUT2D eigenvalue weighted by Gasteiger charge is -2.30. The SMILES string of the molecule is O=C1CCC(N2Cc3cc(-n4cc(C(=O)N(C5CC5)[C@@H]5CCC[C@H]5O)nn4)ccc3C2=O)C(=O)N1. The van der Waals surface area contributed by atoms with Gasteiger partial charge in [-0.2, -0.15) is 0 Å². The first kappa shape index (κ1) is 21.9. The molecule has 1 saturated heterocycles. The lowest BCUT2D eigenvalue weighted by molar-refractivity contribution is -0.136. The third-order valence-electron chi connectivity index (χ3n) is 7.46.